The molecule has 1 atom stereocenters. The van der Waals surface area contributed by atoms with E-state index in [2.05, 4.69) is 10.2 Å². The first-order chi connectivity index (χ1) is 8.72. The van der Waals surface area contributed by atoms with E-state index in [1.807, 2.05) is 0 Å². The first-order valence-corrected chi connectivity index (χ1v) is 6.56. The summed E-state index contributed by atoms with van der Waals surface area (Å²) < 4.78 is 26.6. The van der Waals surface area contributed by atoms with E-state index in [1.54, 1.807) is 12.1 Å². The monoisotopic (exact) mass is 310 g/mol. The molecular formula is C13H18Cl2F2N2. The van der Waals surface area contributed by atoms with Gasteiger partial charge in [-0.3, -0.25) is 9.29 Å². The summed E-state index contributed by atoms with van der Waals surface area (Å²) in [5, 5.41) is 3.61. The van der Waals surface area contributed by atoms with Gasteiger partial charge in [0.05, 0.1) is 6.67 Å². The first-order valence-electron chi connectivity index (χ1n) is 6.18. The fourth-order valence-corrected chi connectivity index (χ4v) is 2.56. The predicted octanol–water partition coefficient (Wildman–Crippen LogP) is 3.21. The molecule has 0 bridgehead atoms. The molecule has 2 rings (SSSR count). The SMILES string of the molecule is Cl.FCC[C@@H](c1ccc(Cl)cc1F)N1CCNCC1. The van der Waals surface area contributed by atoms with E-state index in [9.17, 15) is 8.78 Å². The second-order valence-electron chi connectivity index (χ2n) is 4.45. The largest absolute Gasteiger partial charge is 0.314 e. The summed E-state index contributed by atoms with van der Waals surface area (Å²) in [5.41, 5.74) is 0.541. The summed E-state index contributed by atoms with van der Waals surface area (Å²) >= 11 is 5.75. The number of nitrogens with one attached hydrogen (secondary N) is 1. The minimum absolute atomic E-state index is 0. The highest BCUT2D eigenvalue weighted by Crippen LogP contribution is 2.28. The van der Waals surface area contributed by atoms with Crippen molar-refractivity contribution in [2.75, 3.05) is 32.9 Å². The average Bonchev–Trinajstić information content (AvgIpc) is 2.38. The van der Waals surface area contributed by atoms with Gasteiger partial charge in [-0.05, 0) is 18.6 Å². The number of nitrogens with zero attached hydrogens (tertiary/aromatic N) is 1. The van der Waals surface area contributed by atoms with Crippen LogP contribution in [0.2, 0.25) is 5.02 Å². The normalized spacial score (nSPS) is 17.8. The molecule has 6 heteroatoms. The molecule has 1 saturated heterocycles. The molecule has 0 amide bonds. The van der Waals surface area contributed by atoms with Crippen molar-refractivity contribution in [3.63, 3.8) is 0 Å². The smallest absolute Gasteiger partial charge is 0.129 e. The maximum Gasteiger partial charge on any atom is 0.129 e. The van der Waals surface area contributed by atoms with Gasteiger partial charge in [-0.2, -0.15) is 0 Å². The van der Waals surface area contributed by atoms with Crippen molar-refractivity contribution in [2.24, 2.45) is 0 Å². The van der Waals surface area contributed by atoms with Crippen LogP contribution in [0.4, 0.5) is 8.78 Å². The lowest BCUT2D eigenvalue weighted by molar-refractivity contribution is 0.154. The maximum absolute atomic E-state index is 13.9. The predicted molar refractivity (Wildman–Crippen MR) is 76.4 cm³/mol. The fourth-order valence-electron chi connectivity index (χ4n) is 2.40. The Kier molecular flexibility index (Phi) is 7.00. The Morgan fingerprint density at radius 3 is 2.58 bits per heavy atom. The molecule has 1 aromatic carbocycles. The van der Waals surface area contributed by atoms with Crippen LogP contribution in [-0.4, -0.2) is 37.8 Å². The van der Waals surface area contributed by atoms with Crippen molar-refractivity contribution in [1.82, 2.24) is 10.2 Å². The third kappa shape index (κ3) is 4.28. The lowest BCUT2D eigenvalue weighted by atomic mass is 10.0. The molecule has 19 heavy (non-hydrogen) atoms. The second kappa shape index (κ2) is 8.00. The Morgan fingerprint density at radius 2 is 2.00 bits per heavy atom. The lowest BCUT2D eigenvalue weighted by Gasteiger charge is -2.35. The molecule has 0 radical (unpaired) electrons. The first kappa shape index (κ1) is 16.6. The Hall–Kier alpha value is -0.420. The molecule has 1 aromatic rings. The van der Waals surface area contributed by atoms with Crippen molar-refractivity contribution < 1.29 is 8.78 Å². The van der Waals surface area contributed by atoms with E-state index in [1.165, 1.54) is 6.07 Å². The van der Waals surface area contributed by atoms with Gasteiger partial charge in [-0.25, -0.2) is 4.39 Å². The maximum atomic E-state index is 13.9. The van der Waals surface area contributed by atoms with Crippen molar-refractivity contribution in [3.8, 4) is 0 Å². The highest BCUT2D eigenvalue weighted by atomic mass is 35.5. The van der Waals surface area contributed by atoms with Gasteiger partial charge in [0.2, 0.25) is 0 Å². The summed E-state index contributed by atoms with van der Waals surface area (Å²) in [6.45, 7) is 2.89. The van der Waals surface area contributed by atoms with Crippen LogP contribution in [0.5, 0.6) is 0 Å². The quantitative estimate of drug-likeness (QED) is 0.918. The standard InChI is InChI=1S/C13H17ClF2N2.ClH/c14-10-1-2-11(12(16)9-10)13(3-4-15)18-7-5-17-6-8-18;/h1-2,9,13,17H,3-8H2;1H/t13-;/m0./s1. The number of halogens is 4. The molecule has 0 unspecified atom stereocenters. The van der Waals surface area contributed by atoms with Crippen molar-refractivity contribution in [3.05, 3.63) is 34.6 Å². The molecule has 1 heterocycles. The van der Waals surface area contributed by atoms with Crippen LogP contribution in [0, 0.1) is 5.82 Å². The molecule has 1 fully saturated rings. The van der Waals surface area contributed by atoms with E-state index >= 15 is 0 Å². The topological polar surface area (TPSA) is 15.3 Å². The van der Waals surface area contributed by atoms with Crippen LogP contribution in [0.1, 0.15) is 18.0 Å². The van der Waals surface area contributed by atoms with Crippen molar-refractivity contribution in [2.45, 2.75) is 12.5 Å². The second-order valence-corrected chi connectivity index (χ2v) is 4.88. The van der Waals surface area contributed by atoms with E-state index in [-0.39, 0.29) is 24.3 Å². The van der Waals surface area contributed by atoms with Crippen LogP contribution in [0.3, 0.4) is 0 Å². The summed E-state index contributed by atoms with van der Waals surface area (Å²) in [6, 6.07) is 4.42. The molecule has 2 nitrogen and oxygen atoms in total. The van der Waals surface area contributed by atoms with Gasteiger partial charge >= 0.3 is 0 Å². The number of piperazine rings is 1. The van der Waals surface area contributed by atoms with Crippen LogP contribution >= 0.6 is 24.0 Å². The highest BCUT2D eigenvalue weighted by molar-refractivity contribution is 6.30. The molecule has 0 spiro atoms. The number of hydrogen-bond donors (Lipinski definition) is 1. The number of benzene rings is 1. The van der Waals surface area contributed by atoms with Crippen LogP contribution in [-0.2, 0) is 0 Å². The van der Waals surface area contributed by atoms with Gasteiger partial charge in [0.25, 0.3) is 0 Å². The highest BCUT2D eigenvalue weighted by Gasteiger charge is 2.24. The molecule has 0 saturated carbocycles. The Morgan fingerprint density at radius 1 is 1.32 bits per heavy atom. The summed E-state index contributed by atoms with van der Waals surface area (Å²) in [7, 11) is 0. The molecule has 1 N–H and O–H groups in total. The van der Waals surface area contributed by atoms with Crippen LogP contribution in [0.15, 0.2) is 18.2 Å². The lowest BCUT2D eigenvalue weighted by Crippen LogP contribution is -2.45. The van der Waals surface area contributed by atoms with Gasteiger partial charge in [-0.15, -0.1) is 12.4 Å². The number of alkyl halides is 1. The molecule has 0 aromatic heterocycles. The Bertz CT molecular complexity index is 398. The van der Waals surface area contributed by atoms with Gasteiger partial charge in [0.1, 0.15) is 5.82 Å². The Labute approximate surface area is 123 Å². The number of hydrogen-bond acceptors (Lipinski definition) is 2. The van der Waals surface area contributed by atoms with E-state index in [0.29, 0.717) is 17.0 Å². The summed E-state index contributed by atoms with van der Waals surface area (Å²) in [6.07, 6.45) is 0.318. The van der Waals surface area contributed by atoms with Gasteiger partial charge in [-0.1, -0.05) is 17.7 Å². The third-order valence-electron chi connectivity index (χ3n) is 3.30. The summed E-state index contributed by atoms with van der Waals surface area (Å²) in [5.74, 6) is -0.348. The van der Waals surface area contributed by atoms with E-state index in [4.69, 9.17) is 11.6 Å². The van der Waals surface area contributed by atoms with Crippen molar-refractivity contribution in [1.29, 1.82) is 0 Å². The zero-order valence-corrected chi connectivity index (χ0v) is 12.1. The molecule has 108 valence electrons. The van der Waals surface area contributed by atoms with Gasteiger partial charge in [0.15, 0.2) is 0 Å². The minimum Gasteiger partial charge on any atom is -0.314 e. The molecular weight excluding hydrogens is 293 g/mol. The van der Waals surface area contributed by atoms with Crippen LogP contribution < -0.4 is 5.32 Å². The van der Waals surface area contributed by atoms with Crippen molar-refractivity contribution >= 4 is 24.0 Å². The average molecular weight is 311 g/mol. The minimum atomic E-state index is -0.448. The summed E-state index contributed by atoms with van der Waals surface area (Å²) in [4.78, 5) is 2.13. The third-order valence-corrected chi connectivity index (χ3v) is 3.53. The van der Waals surface area contributed by atoms with E-state index < -0.39 is 6.67 Å². The molecule has 1 aliphatic heterocycles. The van der Waals surface area contributed by atoms with Gasteiger partial charge in [0, 0.05) is 42.8 Å². The van der Waals surface area contributed by atoms with Crippen LogP contribution in [0.25, 0.3) is 0 Å². The molecule has 1 aliphatic rings. The van der Waals surface area contributed by atoms with E-state index in [0.717, 1.165) is 26.2 Å². The fraction of sp³-hybridized carbons (Fsp3) is 0.538. The van der Waals surface area contributed by atoms with Gasteiger partial charge < -0.3 is 5.32 Å². The zero-order valence-electron chi connectivity index (χ0n) is 10.5. The Balaban J connectivity index is 0.00000180. The number of rotatable bonds is 4. The molecule has 0 aliphatic carbocycles. The zero-order chi connectivity index (χ0) is 13.0.